The third kappa shape index (κ3) is 7.56. The normalized spacial score (nSPS) is 11.0. The highest BCUT2D eigenvalue weighted by Crippen LogP contribution is 2.39. The molecule has 0 aliphatic rings. The van der Waals surface area contributed by atoms with Gasteiger partial charge in [0.15, 0.2) is 0 Å². The zero-order valence-electron chi connectivity index (χ0n) is 21.2. The molecule has 3 nitrogen and oxygen atoms in total. The van der Waals surface area contributed by atoms with Crippen LogP contribution in [-0.4, -0.2) is 13.1 Å². The lowest BCUT2D eigenvalue weighted by Crippen LogP contribution is -2.25. The molecule has 0 N–H and O–H groups in total. The van der Waals surface area contributed by atoms with E-state index in [4.69, 9.17) is 9.47 Å². The standard InChI is InChI=1S/C23H22O3.3C2H6/c1-17(24)26-22-15-11-20(12-16-22)23(2,18-7-5-4-6-8-18)19-9-13-21(25-3)14-10-19;3*1-2/h4-16H,1-3H3;3*1-2H3. The Hall–Kier alpha value is -3.07. The Morgan fingerprint density at radius 3 is 1.38 bits per heavy atom. The summed E-state index contributed by atoms with van der Waals surface area (Å²) in [5.41, 5.74) is 3.11. The smallest absolute Gasteiger partial charge is 0.308 e. The van der Waals surface area contributed by atoms with Gasteiger partial charge in [0.25, 0.3) is 0 Å². The molecule has 0 aliphatic heterocycles. The molecule has 174 valence electrons. The quantitative estimate of drug-likeness (QED) is 0.230. The molecule has 3 heteroatoms. The molecular weight excluding hydrogens is 396 g/mol. The molecule has 0 saturated carbocycles. The van der Waals surface area contributed by atoms with Gasteiger partial charge in [-0.05, 0) is 47.9 Å². The van der Waals surface area contributed by atoms with Gasteiger partial charge in [-0.1, -0.05) is 96.1 Å². The molecule has 0 amide bonds. The van der Waals surface area contributed by atoms with Crippen molar-refractivity contribution >= 4 is 5.97 Å². The monoisotopic (exact) mass is 436 g/mol. The molecular formula is C29H40O3. The summed E-state index contributed by atoms with van der Waals surface area (Å²) < 4.78 is 10.5. The van der Waals surface area contributed by atoms with E-state index in [9.17, 15) is 4.79 Å². The van der Waals surface area contributed by atoms with Crippen molar-refractivity contribution in [1.29, 1.82) is 0 Å². The fourth-order valence-electron chi connectivity index (χ4n) is 3.22. The second kappa shape index (κ2) is 15.7. The number of carbonyl (C=O) groups is 1. The molecule has 3 aromatic rings. The maximum Gasteiger partial charge on any atom is 0.308 e. The van der Waals surface area contributed by atoms with Gasteiger partial charge in [0, 0.05) is 12.3 Å². The Balaban J connectivity index is 0.00000148. The minimum absolute atomic E-state index is 0.321. The van der Waals surface area contributed by atoms with E-state index in [1.807, 2.05) is 96.1 Å². The van der Waals surface area contributed by atoms with Crippen LogP contribution in [0, 0.1) is 0 Å². The van der Waals surface area contributed by atoms with E-state index < -0.39 is 0 Å². The van der Waals surface area contributed by atoms with Crippen LogP contribution in [0.25, 0.3) is 0 Å². The van der Waals surface area contributed by atoms with Gasteiger partial charge < -0.3 is 9.47 Å². The number of rotatable bonds is 5. The predicted octanol–water partition coefficient (Wildman–Crippen LogP) is 8.05. The zero-order valence-corrected chi connectivity index (χ0v) is 21.2. The van der Waals surface area contributed by atoms with Crippen molar-refractivity contribution in [3.63, 3.8) is 0 Å². The topological polar surface area (TPSA) is 35.5 Å². The van der Waals surface area contributed by atoms with Crippen molar-refractivity contribution in [3.8, 4) is 11.5 Å². The molecule has 0 fully saturated rings. The van der Waals surface area contributed by atoms with Crippen LogP contribution in [0.2, 0.25) is 0 Å². The molecule has 0 spiro atoms. The fourth-order valence-corrected chi connectivity index (χ4v) is 3.22. The molecule has 1 unspecified atom stereocenters. The third-order valence-electron chi connectivity index (χ3n) is 4.71. The Bertz CT molecular complexity index is 869. The van der Waals surface area contributed by atoms with Crippen LogP contribution >= 0.6 is 0 Å². The minimum atomic E-state index is -0.345. The number of benzene rings is 3. The van der Waals surface area contributed by atoms with Crippen molar-refractivity contribution in [2.75, 3.05) is 7.11 Å². The molecule has 0 aliphatic carbocycles. The van der Waals surface area contributed by atoms with Crippen LogP contribution in [0.5, 0.6) is 11.5 Å². The van der Waals surface area contributed by atoms with Crippen molar-refractivity contribution in [3.05, 3.63) is 95.6 Å². The van der Waals surface area contributed by atoms with E-state index in [2.05, 4.69) is 31.2 Å². The van der Waals surface area contributed by atoms with Gasteiger partial charge in [-0.2, -0.15) is 0 Å². The predicted molar refractivity (Wildman–Crippen MR) is 137 cm³/mol. The highest BCUT2D eigenvalue weighted by Gasteiger charge is 2.31. The van der Waals surface area contributed by atoms with Gasteiger partial charge in [-0.15, -0.1) is 0 Å². The van der Waals surface area contributed by atoms with Crippen LogP contribution in [0.1, 0.15) is 72.1 Å². The summed E-state index contributed by atoms with van der Waals surface area (Å²) in [7, 11) is 1.67. The largest absolute Gasteiger partial charge is 0.497 e. The van der Waals surface area contributed by atoms with Crippen LogP contribution in [0.15, 0.2) is 78.9 Å². The van der Waals surface area contributed by atoms with Crippen molar-refractivity contribution in [2.24, 2.45) is 0 Å². The van der Waals surface area contributed by atoms with Gasteiger partial charge >= 0.3 is 5.97 Å². The SMILES string of the molecule is CC.CC.CC.COc1ccc(C(C)(c2ccccc2)c2ccc(OC(C)=O)cc2)cc1. The van der Waals surface area contributed by atoms with Gasteiger partial charge in [0.05, 0.1) is 7.11 Å². The minimum Gasteiger partial charge on any atom is -0.497 e. The number of methoxy groups -OCH3 is 1. The molecule has 0 heterocycles. The lowest BCUT2D eigenvalue weighted by Gasteiger charge is -2.32. The summed E-state index contributed by atoms with van der Waals surface area (Å²) in [6.45, 7) is 15.6. The number of carbonyl (C=O) groups excluding carboxylic acids is 1. The summed E-state index contributed by atoms with van der Waals surface area (Å²) in [5.74, 6) is 1.06. The molecule has 32 heavy (non-hydrogen) atoms. The second-order valence-corrected chi connectivity index (χ2v) is 6.34. The average molecular weight is 437 g/mol. The van der Waals surface area contributed by atoms with Crippen molar-refractivity contribution in [1.82, 2.24) is 0 Å². The summed E-state index contributed by atoms with van der Waals surface area (Å²) in [6.07, 6.45) is 0. The van der Waals surface area contributed by atoms with Crippen LogP contribution in [0.3, 0.4) is 0 Å². The van der Waals surface area contributed by atoms with E-state index in [1.54, 1.807) is 7.11 Å². The Morgan fingerprint density at radius 1 is 0.625 bits per heavy atom. The van der Waals surface area contributed by atoms with E-state index in [0.29, 0.717) is 5.75 Å². The molecule has 0 bridgehead atoms. The van der Waals surface area contributed by atoms with E-state index in [-0.39, 0.29) is 11.4 Å². The van der Waals surface area contributed by atoms with Crippen LogP contribution < -0.4 is 9.47 Å². The van der Waals surface area contributed by atoms with Crippen LogP contribution in [-0.2, 0) is 10.2 Å². The highest BCUT2D eigenvalue weighted by molar-refractivity contribution is 5.69. The lowest BCUT2D eigenvalue weighted by atomic mass is 9.71. The number of esters is 1. The van der Waals surface area contributed by atoms with Crippen molar-refractivity contribution in [2.45, 2.75) is 60.8 Å². The van der Waals surface area contributed by atoms with Crippen LogP contribution in [0.4, 0.5) is 0 Å². The van der Waals surface area contributed by atoms with Gasteiger partial charge in [-0.3, -0.25) is 4.79 Å². The summed E-state index contributed by atoms with van der Waals surface area (Å²) >= 11 is 0. The molecule has 0 saturated heterocycles. The first-order valence-electron chi connectivity index (χ1n) is 11.5. The second-order valence-electron chi connectivity index (χ2n) is 6.34. The maximum absolute atomic E-state index is 11.2. The fraction of sp³-hybridized carbons (Fsp3) is 0.345. The zero-order chi connectivity index (χ0) is 24.6. The molecule has 3 rings (SSSR count). The maximum atomic E-state index is 11.2. The first-order chi connectivity index (χ1) is 15.5. The van der Waals surface area contributed by atoms with Gasteiger partial charge in [-0.25, -0.2) is 0 Å². The molecule has 0 aromatic heterocycles. The average Bonchev–Trinajstić information content (AvgIpc) is 2.88. The Kier molecular flexibility index (Phi) is 14.2. The van der Waals surface area contributed by atoms with Gasteiger partial charge in [0.2, 0.25) is 0 Å². The first-order valence-corrected chi connectivity index (χ1v) is 11.5. The van der Waals surface area contributed by atoms with E-state index in [0.717, 1.165) is 16.9 Å². The third-order valence-corrected chi connectivity index (χ3v) is 4.71. The van der Waals surface area contributed by atoms with Gasteiger partial charge in [0.1, 0.15) is 11.5 Å². The first kappa shape index (κ1) is 28.9. The highest BCUT2D eigenvalue weighted by atomic mass is 16.5. The molecule has 1 atom stereocenters. The summed E-state index contributed by atoms with van der Waals surface area (Å²) in [4.78, 5) is 11.2. The number of hydrogen-bond donors (Lipinski definition) is 0. The Labute approximate surface area is 195 Å². The Morgan fingerprint density at radius 2 is 1.00 bits per heavy atom. The number of hydrogen-bond acceptors (Lipinski definition) is 3. The summed E-state index contributed by atoms with van der Waals surface area (Å²) in [6, 6.07) is 26.2. The number of ether oxygens (including phenoxy) is 2. The van der Waals surface area contributed by atoms with Crippen molar-refractivity contribution < 1.29 is 14.3 Å². The molecule has 0 radical (unpaired) electrons. The lowest BCUT2D eigenvalue weighted by molar-refractivity contribution is -0.131. The van der Waals surface area contributed by atoms with E-state index >= 15 is 0 Å². The molecule has 3 aromatic carbocycles. The summed E-state index contributed by atoms with van der Waals surface area (Å²) in [5, 5.41) is 0. The van der Waals surface area contributed by atoms with E-state index in [1.165, 1.54) is 12.5 Å².